The lowest BCUT2D eigenvalue weighted by molar-refractivity contribution is -0.138. The molecule has 284 valence electrons. The molecule has 7 aromatic carbocycles. The van der Waals surface area contributed by atoms with Crippen molar-refractivity contribution in [3.63, 3.8) is 0 Å². The number of alkyl halides is 6. The molecule has 0 saturated heterocycles. The number of aryl methyl sites for hydroxylation is 1. The molecule has 0 atom stereocenters. The molecule has 0 unspecified atom stereocenters. The van der Waals surface area contributed by atoms with Crippen molar-refractivity contribution >= 4 is 21.8 Å². The van der Waals surface area contributed by atoms with Gasteiger partial charge >= 0.3 is 12.4 Å². The smallest absolute Gasteiger partial charge is 0.308 e. The summed E-state index contributed by atoms with van der Waals surface area (Å²) in [5.74, 6) is 1.04. The van der Waals surface area contributed by atoms with Crippen LogP contribution in [0.1, 0.15) is 16.7 Å². The molecule has 0 N–H and O–H groups in total. The number of hydrogen-bond donors (Lipinski definition) is 0. The van der Waals surface area contributed by atoms with Gasteiger partial charge in [0.15, 0.2) is 17.5 Å². The molecule has 58 heavy (non-hydrogen) atoms. The molecular weight excluding hydrogens is 747 g/mol. The Morgan fingerprint density at radius 1 is 0.397 bits per heavy atom. The van der Waals surface area contributed by atoms with Gasteiger partial charge < -0.3 is 4.57 Å². The van der Waals surface area contributed by atoms with Gasteiger partial charge in [0.2, 0.25) is 0 Å². The summed E-state index contributed by atoms with van der Waals surface area (Å²) in [6.45, 7) is 1.99. The van der Waals surface area contributed by atoms with E-state index in [2.05, 4.69) is 6.07 Å². The number of nitrogens with zero attached hydrogens (tertiary/aromatic N) is 4. The molecule has 0 aliphatic rings. The first-order valence-corrected chi connectivity index (χ1v) is 18.3. The highest BCUT2D eigenvalue weighted by Gasteiger charge is 2.32. The van der Waals surface area contributed by atoms with E-state index in [1.165, 1.54) is 24.3 Å². The van der Waals surface area contributed by atoms with Gasteiger partial charge in [-0.3, -0.25) is 0 Å². The highest BCUT2D eigenvalue weighted by atomic mass is 19.4. The normalized spacial score (nSPS) is 12.1. The molecule has 0 aliphatic carbocycles. The van der Waals surface area contributed by atoms with Crippen LogP contribution in [0, 0.1) is 6.92 Å². The Hall–Kier alpha value is -7.07. The van der Waals surface area contributed by atoms with Crippen LogP contribution in [0.25, 0.3) is 83.9 Å². The highest BCUT2D eigenvalue weighted by Crippen LogP contribution is 2.45. The Morgan fingerprint density at radius 3 is 1.31 bits per heavy atom. The molecule has 0 aliphatic heterocycles. The van der Waals surface area contributed by atoms with Gasteiger partial charge in [0, 0.05) is 38.6 Å². The number of fused-ring (bicyclic) bond motifs is 3. The molecule has 0 amide bonds. The summed E-state index contributed by atoms with van der Waals surface area (Å²) >= 11 is 0. The molecular formula is C48H30F6N4. The molecule has 0 bridgehead atoms. The van der Waals surface area contributed by atoms with Gasteiger partial charge in [0.25, 0.3) is 0 Å². The Balaban J connectivity index is 1.41. The van der Waals surface area contributed by atoms with Crippen molar-refractivity contribution < 1.29 is 26.3 Å². The van der Waals surface area contributed by atoms with E-state index in [0.29, 0.717) is 45.2 Å². The summed E-state index contributed by atoms with van der Waals surface area (Å²) in [6, 6.07) is 46.0. The largest absolute Gasteiger partial charge is 0.416 e. The van der Waals surface area contributed by atoms with Gasteiger partial charge in [-0.15, -0.1) is 0 Å². The SMILES string of the molecule is Cc1ccc2c(c1)c1ccccc1n2-c1c(-c2ccc(C(F)(F)F)cc2)cc(-c2nc(-c3ccccc3)nc(-c3ccccc3)n2)cc1-c1ccc(C(F)(F)F)cc1. The van der Waals surface area contributed by atoms with E-state index >= 15 is 0 Å². The minimum absolute atomic E-state index is 0.262. The van der Waals surface area contributed by atoms with Gasteiger partial charge in [-0.1, -0.05) is 115 Å². The minimum atomic E-state index is -4.58. The molecule has 9 rings (SSSR count). The van der Waals surface area contributed by atoms with E-state index in [1.807, 2.05) is 121 Å². The van der Waals surface area contributed by atoms with Gasteiger partial charge in [0.05, 0.1) is 27.8 Å². The lowest BCUT2D eigenvalue weighted by Crippen LogP contribution is -2.06. The zero-order chi connectivity index (χ0) is 40.2. The summed E-state index contributed by atoms with van der Waals surface area (Å²) in [5, 5.41) is 1.87. The summed E-state index contributed by atoms with van der Waals surface area (Å²) in [4.78, 5) is 14.7. The van der Waals surface area contributed by atoms with Crippen molar-refractivity contribution in [3.05, 3.63) is 180 Å². The van der Waals surface area contributed by atoms with Crippen LogP contribution in [-0.2, 0) is 12.4 Å². The second-order valence-corrected chi connectivity index (χ2v) is 14.0. The van der Waals surface area contributed by atoms with E-state index in [1.54, 1.807) is 0 Å². The summed E-state index contributed by atoms with van der Waals surface area (Å²) < 4.78 is 85.7. The van der Waals surface area contributed by atoms with Crippen molar-refractivity contribution in [1.29, 1.82) is 0 Å². The third-order valence-corrected chi connectivity index (χ3v) is 10.2. The minimum Gasteiger partial charge on any atom is -0.308 e. The van der Waals surface area contributed by atoms with Crippen LogP contribution in [0.15, 0.2) is 164 Å². The fraction of sp³-hybridized carbons (Fsp3) is 0.0625. The Bertz CT molecular complexity index is 2820. The van der Waals surface area contributed by atoms with Crippen LogP contribution in [0.3, 0.4) is 0 Å². The van der Waals surface area contributed by atoms with Crippen LogP contribution in [0.2, 0.25) is 0 Å². The van der Waals surface area contributed by atoms with E-state index < -0.39 is 23.5 Å². The van der Waals surface area contributed by atoms with E-state index in [9.17, 15) is 26.3 Å². The number of halogens is 6. The van der Waals surface area contributed by atoms with E-state index in [0.717, 1.165) is 62.8 Å². The lowest BCUT2D eigenvalue weighted by atomic mass is 9.91. The molecule has 9 aromatic rings. The summed E-state index contributed by atoms with van der Waals surface area (Å²) in [5.41, 5.74) is 5.37. The molecule has 2 aromatic heterocycles. The quantitative estimate of drug-likeness (QED) is 0.158. The van der Waals surface area contributed by atoms with Gasteiger partial charge in [-0.2, -0.15) is 26.3 Å². The van der Waals surface area contributed by atoms with E-state index in [4.69, 9.17) is 15.0 Å². The first-order valence-electron chi connectivity index (χ1n) is 18.3. The van der Waals surface area contributed by atoms with Crippen molar-refractivity contribution in [3.8, 4) is 62.1 Å². The first kappa shape index (κ1) is 36.6. The summed E-state index contributed by atoms with van der Waals surface area (Å²) in [7, 11) is 0. The summed E-state index contributed by atoms with van der Waals surface area (Å²) in [6.07, 6.45) is -9.16. The van der Waals surface area contributed by atoms with Gasteiger partial charge in [-0.25, -0.2) is 15.0 Å². The predicted molar refractivity (Wildman–Crippen MR) is 216 cm³/mol. The maximum absolute atomic E-state index is 13.9. The number of aromatic nitrogens is 4. The standard InChI is InChI=1S/C48H30F6N4/c1-29-16-25-42-40(26-29)37-14-8-9-15-41(37)58(42)43-38(30-17-21-35(22-18-30)47(49,50)51)27-34(28-39(43)31-19-23-36(24-20-31)48(52,53)54)46-56-44(32-10-4-2-5-11-32)55-45(57-46)33-12-6-3-7-13-33/h2-28H,1H3. The molecule has 4 nitrogen and oxygen atoms in total. The fourth-order valence-corrected chi connectivity index (χ4v) is 7.39. The third-order valence-electron chi connectivity index (χ3n) is 10.2. The molecule has 0 spiro atoms. The molecule has 2 heterocycles. The molecule has 0 fully saturated rings. The highest BCUT2D eigenvalue weighted by molar-refractivity contribution is 6.11. The average molecular weight is 777 g/mol. The van der Waals surface area contributed by atoms with Crippen LogP contribution in [0.4, 0.5) is 26.3 Å². The van der Waals surface area contributed by atoms with Crippen molar-refractivity contribution in [2.45, 2.75) is 19.3 Å². The van der Waals surface area contributed by atoms with Crippen molar-refractivity contribution in [1.82, 2.24) is 19.5 Å². The zero-order valence-corrected chi connectivity index (χ0v) is 30.6. The third kappa shape index (κ3) is 6.76. The molecule has 0 radical (unpaired) electrons. The fourth-order valence-electron chi connectivity index (χ4n) is 7.39. The maximum atomic E-state index is 13.9. The topological polar surface area (TPSA) is 43.6 Å². The second-order valence-electron chi connectivity index (χ2n) is 14.0. The van der Waals surface area contributed by atoms with Gasteiger partial charge in [-0.05, 0) is 72.6 Å². The van der Waals surface area contributed by atoms with Gasteiger partial charge in [0.1, 0.15) is 0 Å². The average Bonchev–Trinajstić information content (AvgIpc) is 3.56. The Kier molecular flexibility index (Phi) is 8.92. The van der Waals surface area contributed by atoms with Crippen LogP contribution in [-0.4, -0.2) is 19.5 Å². The Labute approximate surface area is 328 Å². The van der Waals surface area contributed by atoms with E-state index in [-0.39, 0.29) is 5.82 Å². The van der Waals surface area contributed by atoms with Crippen molar-refractivity contribution in [2.24, 2.45) is 0 Å². The first-order chi connectivity index (χ1) is 27.9. The second kappa shape index (κ2) is 14.1. The van der Waals surface area contributed by atoms with Crippen molar-refractivity contribution in [2.75, 3.05) is 0 Å². The number of benzene rings is 7. The maximum Gasteiger partial charge on any atom is 0.416 e. The predicted octanol–water partition coefficient (Wildman–Crippen LogP) is 13.6. The van der Waals surface area contributed by atoms with Crippen LogP contribution < -0.4 is 0 Å². The zero-order valence-electron chi connectivity index (χ0n) is 30.6. The molecule has 0 saturated carbocycles. The number of para-hydroxylation sites is 1. The number of hydrogen-bond acceptors (Lipinski definition) is 3. The molecule has 10 heteroatoms. The number of rotatable bonds is 6. The lowest BCUT2D eigenvalue weighted by Gasteiger charge is -2.21. The van der Waals surface area contributed by atoms with Crippen LogP contribution >= 0.6 is 0 Å². The van der Waals surface area contributed by atoms with Crippen LogP contribution in [0.5, 0.6) is 0 Å². The Morgan fingerprint density at radius 2 is 0.828 bits per heavy atom. The monoisotopic (exact) mass is 776 g/mol.